The minimum Gasteiger partial charge on any atom is -0.489 e. The standard InChI is InChI=1S/C33H39NO6/c1-21(16-25-13-14-26(18-35)40-25)12-15-29-30-22(19-38-24-10-6-3-7-11-24)17-27-31(28(30)20-39-29)33(37)34(32(27)36)23-8-4-2-5-9-23/h3,6-7,10-11,13-14,16,23,27-29,31,35H,2,4-5,8-9,12,15,17-20H2,1H3/b21-16+/t27-,28+,29-,31-/m1/s1. The van der Waals surface area contributed by atoms with Gasteiger partial charge < -0.3 is 19.0 Å². The molecule has 1 aromatic carbocycles. The molecule has 0 radical (unpaired) electrons. The number of hydrogen-bond acceptors (Lipinski definition) is 6. The SMILES string of the molecule is C/C(=C\c1ccc(CO)o1)CC[C@H]1OC[C@H]2C1=C(COc1ccccc1)C[C@H]1C(=O)N(C3CCCCC3)C(=O)[C@H]12. The molecule has 1 N–H and O–H groups in total. The van der Waals surface area contributed by atoms with E-state index in [2.05, 4.69) is 6.92 Å². The third-order valence-corrected chi connectivity index (χ3v) is 9.17. The smallest absolute Gasteiger partial charge is 0.234 e. The van der Waals surface area contributed by atoms with Gasteiger partial charge in [-0.3, -0.25) is 14.5 Å². The number of fused-ring (bicyclic) bond motifs is 3. The van der Waals surface area contributed by atoms with Crippen molar-refractivity contribution in [2.24, 2.45) is 17.8 Å². The van der Waals surface area contributed by atoms with E-state index in [0.717, 1.165) is 61.2 Å². The fraction of sp³-hybridized carbons (Fsp3) is 0.515. The summed E-state index contributed by atoms with van der Waals surface area (Å²) in [5, 5.41) is 9.28. The normalized spacial score (nSPS) is 27.4. The topological polar surface area (TPSA) is 89.2 Å². The number of para-hydroxylation sites is 1. The van der Waals surface area contributed by atoms with Crippen molar-refractivity contribution >= 4 is 17.9 Å². The number of likely N-dealkylation sites (tertiary alicyclic amines) is 1. The highest BCUT2D eigenvalue weighted by Crippen LogP contribution is 2.51. The van der Waals surface area contributed by atoms with E-state index in [1.54, 1.807) is 11.0 Å². The lowest BCUT2D eigenvalue weighted by Gasteiger charge is -2.32. The van der Waals surface area contributed by atoms with Crippen LogP contribution in [0.2, 0.25) is 0 Å². The van der Waals surface area contributed by atoms with Gasteiger partial charge in [0.05, 0.1) is 24.5 Å². The number of ether oxygens (including phenoxy) is 2. The van der Waals surface area contributed by atoms with Crippen LogP contribution in [0, 0.1) is 17.8 Å². The predicted octanol–water partition coefficient (Wildman–Crippen LogP) is 5.68. The first-order chi connectivity index (χ1) is 19.5. The molecule has 6 rings (SSSR count). The minimum absolute atomic E-state index is 0.0149. The van der Waals surface area contributed by atoms with E-state index in [4.69, 9.17) is 13.9 Å². The zero-order chi connectivity index (χ0) is 27.6. The molecular weight excluding hydrogens is 506 g/mol. The van der Waals surface area contributed by atoms with Crippen molar-refractivity contribution < 1.29 is 28.6 Å². The third-order valence-electron chi connectivity index (χ3n) is 9.17. The molecule has 2 aliphatic carbocycles. The van der Waals surface area contributed by atoms with Gasteiger partial charge >= 0.3 is 0 Å². The van der Waals surface area contributed by atoms with Gasteiger partial charge in [-0.25, -0.2) is 0 Å². The Bertz CT molecular complexity index is 1290. The van der Waals surface area contributed by atoms with E-state index in [1.807, 2.05) is 42.5 Å². The van der Waals surface area contributed by atoms with Gasteiger partial charge in [-0.05, 0) is 80.5 Å². The van der Waals surface area contributed by atoms with Gasteiger partial charge in [0.25, 0.3) is 0 Å². The summed E-state index contributed by atoms with van der Waals surface area (Å²) in [5.41, 5.74) is 3.44. The third kappa shape index (κ3) is 5.29. The lowest BCUT2D eigenvalue weighted by molar-refractivity contribution is -0.143. The van der Waals surface area contributed by atoms with Gasteiger partial charge in [0, 0.05) is 12.0 Å². The molecule has 0 spiro atoms. The van der Waals surface area contributed by atoms with Crippen LogP contribution < -0.4 is 4.74 Å². The van der Waals surface area contributed by atoms with Crippen molar-refractivity contribution in [1.29, 1.82) is 0 Å². The highest BCUT2D eigenvalue weighted by Gasteiger charge is 2.58. The summed E-state index contributed by atoms with van der Waals surface area (Å²) in [7, 11) is 0. The Labute approximate surface area is 235 Å². The second kappa shape index (κ2) is 11.8. The van der Waals surface area contributed by atoms with Crippen LogP contribution in [0.3, 0.4) is 0 Å². The quantitative estimate of drug-likeness (QED) is 0.322. The Morgan fingerprint density at radius 1 is 1.05 bits per heavy atom. The molecule has 1 saturated carbocycles. The number of rotatable bonds is 9. The number of aliphatic hydroxyl groups is 1. The Morgan fingerprint density at radius 2 is 1.85 bits per heavy atom. The molecule has 3 heterocycles. The van der Waals surface area contributed by atoms with Crippen molar-refractivity contribution in [1.82, 2.24) is 4.90 Å². The Morgan fingerprint density at radius 3 is 2.60 bits per heavy atom. The summed E-state index contributed by atoms with van der Waals surface area (Å²) in [6.45, 7) is 2.82. The number of carbonyl (C=O) groups is 2. The summed E-state index contributed by atoms with van der Waals surface area (Å²) in [5.74, 6) is 1.37. The molecule has 2 aromatic rings. The molecule has 4 atom stereocenters. The molecule has 1 aromatic heterocycles. The van der Waals surface area contributed by atoms with Crippen molar-refractivity contribution in [2.75, 3.05) is 13.2 Å². The lowest BCUT2D eigenvalue weighted by atomic mass is 9.69. The van der Waals surface area contributed by atoms with Gasteiger partial charge in [0.2, 0.25) is 11.8 Å². The zero-order valence-electron chi connectivity index (χ0n) is 23.2. The van der Waals surface area contributed by atoms with Gasteiger partial charge in [-0.1, -0.05) is 43.0 Å². The van der Waals surface area contributed by atoms with E-state index in [0.29, 0.717) is 25.4 Å². The van der Waals surface area contributed by atoms with Crippen LogP contribution in [-0.2, 0) is 20.9 Å². The second-order valence-electron chi connectivity index (χ2n) is 11.8. The maximum absolute atomic E-state index is 13.8. The molecule has 7 nitrogen and oxygen atoms in total. The predicted molar refractivity (Wildman–Crippen MR) is 150 cm³/mol. The maximum atomic E-state index is 13.8. The van der Waals surface area contributed by atoms with E-state index in [1.165, 1.54) is 12.0 Å². The Balaban J connectivity index is 1.24. The van der Waals surface area contributed by atoms with Crippen LogP contribution in [0.5, 0.6) is 5.75 Å². The first kappa shape index (κ1) is 27.0. The van der Waals surface area contributed by atoms with Crippen LogP contribution in [0.25, 0.3) is 6.08 Å². The molecule has 2 saturated heterocycles. The molecule has 0 bridgehead atoms. The molecule has 4 aliphatic rings. The number of aliphatic hydroxyl groups excluding tert-OH is 1. The number of carbonyl (C=O) groups excluding carboxylic acids is 2. The molecule has 212 valence electrons. The van der Waals surface area contributed by atoms with Crippen molar-refractivity contribution in [2.45, 2.75) is 77.0 Å². The molecule has 7 heteroatoms. The van der Waals surface area contributed by atoms with E-state index in [9.17, 15) is 14.7 Å². The van der Waals surface area contributed by atoms with E-state index < -0.39 is 0 Å². The molecule has 3 fully saturated rings. The molecule has 0 unspecified atom stereocenters. The largest absolute Gasteiger partial charge is 0.489 e. The van der Waals surface area contributed by atoms with Crippen LogP contribution >= 0.6 is 0 Å². The first-order valence-electron chi connectivity index (χ1n) is 14.8. The van der Waals surface area contributed by atoms with Crippen molar-refractivity contribution in [3.8, 4) is 5.75 Å². The van der Waals surface area contributed by atoms with Crippen LogP contribution in [0.4, 0.5) is 0 Å². The highest BCUT2D eigenvalue weighted by atomic mass is 16.5. The van der Waals surface area contributed by atoms with Crippen molar-refractivity contribution in [3.05, 3.63) is 70.7 Å². The molecule has 2 amide bonds. The first-order valence-corrected chi connectivity index (χ1v) is 14.8. The van der Waals surface area contributed by atoms with Gasteiger partial charge in [0.1, 0.15) is 30.5 Å². The van der Waals surface area contributed by atoms with Crippen LogP contribution in [-0.4, -0.2) is 47.2 Å². The average Bonchev–Trinajstić information content (AvgIpc) is 3.68. The van der Waals surface area contributed by atoms with E-state index >= 15 is 0 Å². The fourth-order valence-electron chi connectivity index (χ4n) is 7.25. The Hall–Kier alpha value is -3.16. The number of furan rings is 1. The van der Waals surface area contributed by atoms with E-state index in [-0.39, 0.29) is 48.3 Å². The van der Waals surface area contributed by atoms with Gasteiger partial charge in [-0.15, -0.1) is 0 Å². The molecule has 2 aliphatic heterocycles. The van der Waals surface area contributed by atoms with Crippen LogP contribution in [0.15, 0.2) is 63.6 Å². The molecular formula is C33H39NO6. The average molecular weight is 546 g/mol. The lowest BCUT2D eigenvalue weighted by Crippen LogP contribution is -2.42. The number of hydrogen-bond donors (Lipinski definition) is 1. The summed E-state index contributed by atoms with van der Waals surface area (Å²) < 4.78 is 18.2. The van der Waals surface area contributed by atoms with Gasteiger partial charge in [0.15, 0.2) is 0 Å². The summed E-state index contributed by atoms with van der Waals surface area (Å²) in [6.07, 6.45) is 9.22. The number of allylic oxidation sites excluding steroid dienone is 1. The Kier molecular flexibility index (Phi) is 7.94. The van der Waals surface area contributed by atoms with Crippen molar-refractivity contribution in [3.63, 3.8) is 0 Å². The molecule has 40 heavy (non-hydrogen) atoms. The second-order valence-corrected chi connectivity index (χ2v) is 11.8. The number of nitrogens with zero attached hydrogens (tertiary/aromatic N) is 1. The van der Waals surface area contributed by atoms with Gasteiger partial charge in [-0.2, -0.15) is 0 Å². The fourth-order valence-corrected chi connectivity index (χ4v) is 7.25. The van der Waals surface area contributed by atoms with Crippen LogP contribution in [0.1, 0.15) is 69.8 Å². The summed E-state index contributed by atoms with van der Waals surface area (Å²) in [6, 6.07) is 13.4. The summed E-state index contributed by atoms with van der Waals surface area (Å²) >= 11 is 0. The summed E-state index contributed by atoms with van der Waals surface area (Å²) in [4.78, 5) is 29.2. The number of benzene rings is 1. The highest BCUT2D eigenvalue weighted by molar-refractivity contribution is 6.06. The number of amides is 2. The zero-order valence-corrected chi connectivity index (χ0v) is 23.2. The minimum atomic E-state index is -0.327. The number of imide groups is 1. The monoisotopic (exact) mass is 545 g/mol. The maximum Gasteiger partial charge on any atom is 0.234 e.